The van der Waals surface area contributed by atoms with Crippen LogP contribution in [0.3, 0.4) is 0 Å². The van der Waals surface area contributed by atoms with Gasteiger partial charge in [0.2, 0.25) is 5.91 Å². The summed E-state index contributed by atoms with van der Waals surface area (Å²) < 4.78 is 5.32. The molecule has 0 spiro atoms. The van der Waals surface area contributed by atoms with Crippen LogP contribution in [0.2, 0.25) is 0 Å². The third kappa shape index (κ3) is 3.43. The first-order chi connectivity index (χ1) is 7.47. The number of nitrogens with zero attached hydrogens (tertiary/aromatic N) is 1. The molecule has 1 amide bonds. The Hall–Kier alpha value is -0.650. The molecule has 1 fully saturated rings. The second-order valence-corrected chi connectivity index (χ2v) is 5.12. The Bertz CT molecular complexity index is 237. The molecule has 0 aromatic carbocycles. The average molecular weight is 229 g/mol. The summed E-state index contributed by atoms with van der Waals surface area (Å²) >= 11 is 0. The van der Waals surface area contributed by atoms with E-state index < -0.39 is 5.41 Å². The Labute approximate surface area is 97.3 Å². The summed E-state index contributed by atoms with van der Waals surface area (Å²) in [4.78, 5) is 13.8. The maximum Gasteiger partial charge on any atom is 0.240 e. The van der Waals surface area contributed by atoms with E-state index in [0.717, 1.165) is 26.1 Å². The lowest BCUT2D eigenvalue weighted by molar-refractivity contribution is -0.130. The van der Waals surface area contributed by atoms with Crippen molar-refractivity contribution in [2.24, 2.45) is 11.3 Å². The van der Waals surface area contributed by atoms with Gasteiger partial charge in [0.05, 0.1) is 5.41 Å². The highest BCUT2D eigenvalue weighted by molar-refractivity contribution is 5.81. The van der Waals surface area contributed by atoms with Gasteiger partial charge in [-0.25, -0.2) is 5.84 Å². The fourth-order valence-corrected chi connectivity index (χ4v) is 2.15. The third-order valence-corrected chi connectivity index (χ3v) is 3.20. The van der Waals surface area contributed by atoms with E-state index in [0.29, 0.717) is 12.6 Å². The van der Waals surface area contributed by atoms with E-state index in [1.54, 1.807) is 0 Å². The van der Waals surface area contributed by atoms with Crippen molar-refractivity contribution in [3.63, 3.8) is 0 Å². The Balaban J connectivity index is 2.48. The number of amides is 1. The van der Waals surface area contributed by atoms with Crippen LogP contribution in [-0.4, -0.2) is 43.7 Å². The lowest BCUT2D eigenvalue weighted by Crippen LogP contribution is -2.49. The molecular formula is C11H23N3O2. The van der Waals surface area contributed by atoms with Crippen LogP contribution < -0.4 is 11.3 Å². The number of nitrogens with two attached hydrogens (primary N) is 1. The third-order valence-electron chi connectivity index (χ3n) is 3.20. The SMILES string of the molecule is CN(CC(C)(C)C(=O)NN)C1CCOCC1. The van der Waals surface area contributed by atoms with Crippen molar-refractivity contribution in [1.29, 1.82) is 0 Å². The first-order valence-electron chi connectivity index (χ1n) is 5.76. The molecule has 94 valence electrons. The second kappa shape index (κ2) is 5.61. The predicted molar refractivity (Wildman–Crippen MR) is 62.6 cm³/mol. The lowest BCUT2D eigenvalue weighted by Gasteiger charge is -2.35. The van der Waals surface area contributed by atoms with E-state index >= 15 is 0 Å². The molecule has 5 heteroatoms. The molecule has 1 saturated heterocycles. The van der Waals surface area contributed by atoms with Crippen molar-refractivity contribution in [3.8, 4) is 0 Å². The number of carbonyl (C=O) groups is 1. The number of hydrogen-bond acceptors (Lipinski definition) is 4. The smallest absolute Gasteiger partial charge is 0.240 e. The van der Waals surface area contributed by atoms with Crippen LogP contribution in [0.4, 0.5) is 0 Å². The summed E-state index contributed by atoms with van der Waals surface area (Å²) in [5, 5.41) is 0. The molecule has 1 rings (SSSR count). The summed E-state index contributed by atoms with van der Waals surface area (Å²) in [6.07, 6.45) is 2.08. The molecule has 1 heterocycles. The molecular weight excluding hydrogens is 206 g/mol. The molecule has 0 aromatic rings. The Morgan fingerprint density at radius 3 is 2.56 bits per heavy atom. The van der Waals surface area contributed by atoms with Crippen molar-refractivity contribution in [3.05, 3.63) is 0 Å². The van der Waals surface area contributed by atoms with Crippen LogP contribution in [0.25, 0.3) is 0 Å². The maximum atomic E-state index is 11.6. The van der Waals surface area contributed by atoms with Gasteiger partial charge in [0.1, 0.15) is 0 Å². The van der Waals surface area contributed by atoms with Crippen molar-refractivity contribution in [2.45, 2.75) is 32.7 Å². The number of nitrogens with one attached hydrogen (secondary N) is 1. The molecule has 0 radical (unpaired) electrons. The minimum atomic E-state index is -0.457. The Morgan fingerprint density at radius 1 is 1.50 bits per heavy atom. The summed E-state index contributed by atoms with van der Waals surface area (Å²) in [5.41, 5.74) is 1.77. The van der Waals surface area contributed by atoms with E-state index in [-0.39, 0.29) is 5.91 Å². The van der Waals surface area contributed by atoms with E-state index in [2.05, 4.69) is 17.4 Å². The highest BCUT2D eigenvalue weighted by atomic mass is 16.5. The van der Waals surface area contributed by atoms with Gasteiger partial charge < -0.3 is 9.64 Å². The fraction of sp³-hybridized carbons (Fsp3) is 0.909. The minimum absolute atomic E-state index is 0.119. The van der Waals surface area contributed by atoms with Gasteiger partial charge in [-0.2, -0.15) is 0 Å². The topological polar surface area (TPSA) is 67.6 Å². The van der Waals surface area contributed by atoms with Crippen molar-refractivity contribution < 1.29 is 9.53 Å². The second-order valence-electron chi connectivity index (χ2n) is 5.12. The van der Waals surface area contributed by atoms with Crippen LogP contribution >= 0.6 is 0 Å². The van der Waals surface area contributed by atoms with Gasteiger partial charge in [-0.1, -0.05) is 0 Å². The monoisotopic (exact) mass is 229 g/mol. The number of carbonyl (C=O) groups excluding carboxylic acids is 1. The molecule has 1 aliphatic rings. The van der Waals surface area contributed by atoms with Crippen LogP contribution in [0.15, 0.2) is 0 Å². The van der Waals surface area contributed by atoms with Crippen LogP contribution in [0.1, 0.15) is 26.7 Å². The molecule has 16 heavy (non-hydrogen) atoms. The quantitative estimate of drug-likeness (QED) is 0.408. The molecule has 3 N–H and O–H groups in total. The normalized spacial score (nSPS) is 18.8. The summed E-state index contributed by atoms with van der Waals surface area (Å²) in [6, 6.07) is 0.513. The number of ether oxygens (including phenoxy) is 1. The number of rotatable bonds is 4. The van der Waals surface area contributed by atoms with E-state index in [4.69, 9.17) is 10.6 Å². The van der Waals surface area contributed by atoms with Gasteiger partial charge in [0.25, 0.3) is 0 Å². The number of hydrogen-bond donors (Lipinski definition) is 2. The zero-order valence-electron chi connectivity index (χ0n) is 10.5. The molecule has 0 atom stereocenters. The molecule has 0 saturated carbocycles. The number of hydrazine groups is 1. The first kappa shape index (κ1) is 13.4. The van der Waals surface area contributed by atoms with Gasteiger partial charge in [0.15, 0.2) is 0 Å². The zero-order valence-corrected chi connectivity index (χ0v) is 10.5. The predicted octanol–water partition coefficient (Wildman–Crippen LogP) is 0.113. The maximum absolute atomic E-state index is 11.6. The van der Waals surface area contributed by atoms with Crippen LogP contribution in [-0.2, 0) is 9.53 Å². The Kier molecular flexibility index (Phi) is 4.70. The van der Waals surface area contributed by atoms with Gasteiger partial charge in [-0.05, 0) is 33.7 Å². The summed E-state index contributed by atoms with van der Waals surface area (Å²) in [5.74, 6) is 5.06. The van der Waals surface area contributed by atoms with Crippen molar-refractivity contribution in [1.82, 2.24) is 10.3 Å². The molecule has 0 unspecified atom stereocenters. The minimum Gasteiger partial charge on any atom is -0.381 e. The van der Waals surface area contributed by atoms with Gasteiger partial charge in [-0.15, -0.1) is 0 Å². The largest absolute Gasteiger partial charge is 0.381 e. The van der Waals surface area contributed by atoms with Crippen LogP contribution in [0, 0.1) is 5.41 Å². The van der Waals surface area contributed by atoms with Gasteiger partial charge in [0, 0.05) is 25.8 Å². The zero-order chi connectivity index (χ0) is 12.2. The molecule has 5 nitrogen and oxygen atoms in total. The lowest BCUT2D eigenvalue weighted by atomic mass is 9.91. The van der Waals surface area contributed by atoms with E-state index in [1.807, 2.05) is 13.8 Å². The highest BCUT2D eigenvalue weighted by Crippen LogP contribution is 2.20. The molecule has 0 bridgehead atoms. The van der Waals surface area contributed by atoms with E-state index in [9.17, 15) is 4.79 Å². The van der Waals surface area contributed by atoms with Gasteiger partial charge >= 0.3 is 0 Å². The standard InChI is InChI=1S/C11H23N3O2/c1-11(2,10(15)13-12)8-14(3)9-4-6-16-7-5-9/h9H,4-8,12H2,1-3H3,(H,13,15). The van der Waals surface area contributed by atoms with Crippen molar-refractivity contribution in [2.75, 3.05) is 26.8 Å². The van der Waals surface area contributed by atoms with E-state index in [1.165, 1.54) is 0 Å². The fourth-order valence-electron chi connectivity index (χ4n) is 2.15. The van der Waals surface area contributed by atoms with Gasteiger partial charge in [-0.3, -0.25) is 10.2 Å². The first-order valence-corrected chi connectivity index (χ1v) is 5.76. The molecule has 0 aromatic heterocycles. The Morgan fingerprint density at radius 2 is 2.06 bits per heavy atom. The van der Waals surface area contributed by atoms with Crippen LogP contribution in [0.5, 0.6) is 0 Å². The summed E-state index contributed by atoms with van der Waals surface area (Å²) in [6.45, 7) is 6.16. The highest BCUT2D eigenvalue weighted by Gasteiger charge is 2.31. The molecule has 1 aliphatic heterocycles. The van der Waals surface area contributed by atoms with Crippen molar-refractivity contribution >= 4 is 5.91 Å². The molecule has 0 aliphatic carbocycles. The summed E-state index contributed by atoms with van der Waals surface area (Å²) in [7, 11) is 2.06. The average Bonchev–Trinajstić information content (AvgIpc) is 2.28.